The first-order valence-corrected chi connectivity index (χ1v) is 8.54. The molecule has 1 N–H and O–H groups in total. The standard InChI is InChI=1S/C19H30N2O2.ClH/c1-19(2,13-16-7-5-6-8-17(16)23-4)18(22)21-11-9-15(10-12-21)14-20-3;/h5-8,15,20H,9-14H2,1-4H3;1H. The molecule has 1 aromatic rings. The quantitative estimate of drug-likeness (QED) is 0.853. The van der Waals surface area contributed by atoms with Gasteiger partial charge in [-0.05, 0) is 50.4 Å². The van der Waals surface area contributed by atoms with E-state index in [1.54, 1.807) is 7.11 Å². The van der Waals surface area contributed by atoms with E-state index < -0.39 is 5.41 Å². The molecule has 0 saturated carbocycles. The summed E-state index contributed by atoms with van der Waals surface area (Å²) < 4.78 is 5.43. The van der Waals surface area contributed by atoms with Crippen LogP contribution in [0.4, 0.5) is 0 Å². The zero-order valence-corrected chi connectivity index (χ0v) is 16.1. The minimum Gasteiger partial charge on any atom is -0.496 e. The molecule has 1 aliphatic rings. The van der Waals surface area contributed by atoms with Crippen LogP contribution < -0.4 is 10.1 Å². The molecule has 2 rings (SSSR count). The molecule has 1 amide bonds. The van der Waals surface area contributed by atoms with Crippen LogP contribution in [-0.2, 0) is 11.2 Å². The van der Waals surface area contributed by atoms with Crippen LogP contribution in [0.3, 0.4) is 0 Å². The highest BCUT2D eigenvalue weighted by molar-refractivity contribution is 5.85. The summed E-state index contributed by atoms with van der Waals surface area (Å²) in [6, 6.07) is 7.97. The van der Waals surface area contributed by atoms with Crippen LogP contribution in [0.15, 0.2) is 24.3 Å². The van der Waals surface area contributed by atoms with Crippen molar-refractivity contribution >= 4 is 18.3 Å². The summed E-state index contributed by atoms with van der Waals surface area (Å²) in [7, 11) is 3.67. The van der Waals surface area contributed by atoms with Gasteiger partial charge in [-0.1, -0.05) is 32.0 Å². The van der Waals surface area contributed by atoms with E-state index in [0.29, 0.717) is 12.3 Å². The van der Waals surface area contributed by atoms with E-state index in [1.165, 1.54) is 0 Å². The summed E-state index contributed by atoms with van der Waals surface area (Å²) in [5, 5.41) is 3.24. The number of amides is 1. The van der Waals surface area contributed by atoms with Gasteiger partial charge in [-0.15, -0.1) is 12.4 Å². The highest BCUT2D eigenvalue weighted by Crippen LogP contribution is 2.31. The Morgan fingerprint density at radius 3 is 2.50 bits per heavy atom. The Morgan fingerprint density at radius 1 is 1.29 bits per heavy atom. The number of para-hydroxylation sites is 1. The van der Waals surface area contributed by atoms with Crippen LogP contribution in [0.5, 0.6) is 5.75 Å². The predicted octanol–water partition coefficient (Wildman–Crippen LogP) is 3.14. The Balaban J connectivity index is 0.00000288. The average Bonchev–Trinajstić information content (AvgIpc) is 2.55. The number of benzene rings is 1. The Kier molecular flexibility index (Phi) is 8.04. The van der Waals surface area contributed by atoms with Crippen LogP contribution in [0.1, 0.15) is 32.3 Å². The molecule has 136 valence electrons. The first-order valence-electron chi connectivity index (χ1n) is 8.54. The van der Waals surface area contributed by atoms with Gasteiger partial charge in [0, 0.05) is 18.5 Å². The molecule has 0 unspecified atom stereocenters. The molecule has 1 saturated heterocycles. The van der Waals surface area contributed by atoms with E-state index in [4.69, 9.17) is 4.74 Å². The van der Waals surface area contributed by atoms with Crippen molar-refractivity contribution in [3.8, 4) is 5.75 Å². The van der Waals surface area contributed by atoms with Gasteiger partial charge >= 0.3 is 0 Å². The van der Waals surface area contributed by atoms with Gasteiger partial charge in [0.2, 0.25) is 5.91 Å². The lowest BCUT2D eigenvalue weighted by molar-refractivity contribution is -0.141. The van der Waals surface area contributed by atoms with Crippen molar-refractivity contribution in [3.63, 3.8) is 0 Å². The first-order chi connectivity index (χ1) is 11.0. The number of likely N-dealkylation sites (tertiary alicyclic amines) is 1. The molecule has 0 atom stereocenters. The molecule has 0 aliphatic carbocycles. The Morgan fingerprint density at radius 2 is 1.92 bits per heavy atom. The SMILES string of the molecule is CNCC1CCN(C(=O)C(C)(C)Cc2ccccc2OC)CC1.Cl. The number of nitrogens with one attached hydrogen (secondary N) is 1. The summed E-state index contributed by atoms with van der Waals surface area (Å²) in [6.45, 7) is 6.89. The minimum absolute atomic E-state index is 0. The fourth-order valence-electron chi connectivity index (χ4n) is 3.46. The summed E-state index contributed by atoms with van der Waals surface area (Å²) in [5.74, 6) is 1.81. The average molecular weight is 355 g/mol. The summed E-state index contributed by atoms with van der Waals surface area (Å²) >= 11 is 0. The maximum atomic E-state index is 13.0. The summed E-state index contributed by atoms with van der Waals surface area (Å²) in [4.78, 5) is 15.0. The largest absolute Gasteiger partial charge is 0.496 e. The molecule has 5 heteroatoms. The summed E-state index contributed by atoms with van der Waals surface area (Å²) in [6.07, 6.45) is 2.89. The van der Waals surface area contributed by atoms with E-state index in [9.17, 15) is 4.79 Å². The molecule has 0 bridgehead atoms. The molecular formula is C19H31ClN2O2. The van der Waals surface area contributed by atoms with Gasteiger partial charge in [0.25, 0.3) is 0 Å². The number of hydrogen-bond donors (Lipinski definition) is 1. The maximum Gasteiger partial charge on any atom is 0.228 e. The second kappa shape index (κ2) is 9.28. The molecule has 1 aromatic carbocycles. The van der Waals surface area contributed by atoms with Crippen molar-refractivity contribution in [2.45, 2.75) is 33.1 Å². The number of rotatable bonds is 6. The summed E-state index contributed by atoms with van der Waals surface area (Å²) in [5.41, 5.74) is 0.684. The number of ether oxygens (including phenoxy) is 1. The first kappa shape index (κ1) is 20.8. The lowest BCUT2D eigenvalue weighted by Crippen LogP contribution is -2.46. The van der Waals surface area contributed by atoms with E-state index in [0.717, 1.165) is 43.8 Å². The number of nitrogens with zero attached hydrogens (tertiary/aromatic N) is 1. The normalized spacial score (nSPS) is 15.8. The Hall–Kier alpha value is -1.26. The third-order valence-electron chi connectivity index (χ3n) is 4.80. The van der Waals surface area contributed by atoms with Gasteiger partial charge in [-0.2, -0.15) is 0 Å². The highest BCUT2D eigenvalue weighted by Gasteiger charge is 2.34. The molecule has 0 radical (unpaired) electrons. The van der Waals surface area contributed by atoms with Gasteiger partial charge in [0.1, 0.15) is 5.75 Å². The third-order valence-corrected chi connectivity index (χ3v) is 4.80. The van der Waals surface area contributed by atoms with E-state index in [2.05, 4.69) is 5.32 Å². The molecule has 1 heterocycles. The molecular weight excluding hydrogens is 324 g/mol. The van der Waals surface area contributed by atoms with Crippen molar-refractivity contribution in [3.05, 3.63) is 29.8 Å². The fraction of sp³-hybridized carbons (Fsp3) is 0.632. The van der Waals surface area contributed by atoms with Gasteiger partial charge in [-0.3, -0.25) is 4.79 Å². The van der Waals surface area contributed by atoms with Crippen LogP contribution in [0.2, 0.25) is 0 Å². The maximum absolute atomic E-state index is 13.0. The fourth-order valence-corrected chi connectivity index (χ4v) is 3.46. The Labute approximate surface area is 152 Å². The van der Waals surface area contributed by atoms with Crippen molar-refractivity contribution in [1.29, 1.82) is 0 Å². The van der Waals surface area contributed by atoms with E-state index >= 15 is 0 Å². The van der Waals surface area contributed by atoms with Crippen molar-refractivity contribution in [2.24, 2.45) is 11.3 Å². The number of hydrogen-bond acceptors (Lipinski definition) is 3. The lowest BCUT2D eigenvalue weighted by atomic mass is 9.83. The number of methoxy groups -OCH3 is 1. The van der Waals surface area contributed by atoms with E-state index in [1.807, 2.05) is 50.1 Å². The van der Waals surface area contributed by atoms with Crippen LogP contribution in [0.25, 0.3) is 0 Å². The number of carbonyl (C=O) groups is 1. The smallest absolute Gasteiger partial charge is 0.228 e. The van der Waals surface area contributed by atoms with E-state index in [-0.39, 0.29) is 18.3 Å². The molecule has 0 aromatic heterocycles. The zero-order valence-electron chi connectivity index (χ0n) is 15.3. The second-order valence-electron chi connectivity index (χ2n) is 7.17. The molecule has 4 nitrogen and oxygen atoms in total. The van der Waals surface area contributed by atoms with Crippen molar-refractivity contribution in [2.75, 3.05) is 33.8 Å². The highest BCUT2D eigenvalue weighted by atomic mass is 35.5. The zero-order chi connectivity index (χ0) is 16.9. The topological polar surface area (TPSA) is 41.6 Å². The number of piperidine rings is 1. The van der Waals surface area contributed by atoms with Crippen LogP contribution >= 0.6 is 12.4 Å². The lowest BCUT2D eigenvalue weighted by Gasteiger charge is -2.37. The number of carbonyl (C=O) groups excluding carboxylic acids is 1. The second-order valence-corrected chi connectivity index (χ2v) is 7.17. The van der Waals surface area contributed by atoms with Gasteiger partial charge < -0.3 is 15.0 Å². The van der Waals surface area contributed by atoms with Gasteiger partial charge in [0.15, 0.2) is 0 Å². The molecule has 24 heavy (non-hydrogen) atoms. The molecule has 0 spiro atoms. The van der Waals surface area contributed by atoms with Crippen molar-refractivity contribution in [1.82, 2.24) is 10.2 Å². The third kappa shape index (κ3) is 5.12. The van der Waals surface area contributed by atoms with Crippen LogP contribution in [-0.4, -0.2) is 44.6 Å². The van der Waals surface area contributed by atoms with Crippen molar-refractivity contribution < 1.29 is 9.53 Å². The minimum atomic E-state index is -0.412. The molecule has 1 aliphatic heterocycles. The van der Waals surface area contributed by atoms with Gasteiger partial charge in [0.05, 0.1) is 7.11 Å². The van der Waals surface area contributed by atoms with Gasteiger partial charge in [-0.25, -0.2) is 0 Å². The number of halogens is 1. The molecule has 1 fully saturated rings. The van der Waals surface area contributed by atoms with Crippen LogP contribution in [0, 0.1) is 11.3 Å². The predicted molar refractivity (Wildman–Crippen MR) is 101 cm³/mol. The monoisotopic (exact) mass is 354 g/mol. The Bertz CT molecular complexity index is 526.